The van der Waals surface area contributed by atoms with Crippen molar-refractivity contribution in [1.29, 1.82) is 0 Å². The number of morpholine rings is 1. The Bertz CT molecular complexity index is 311. The zero-order valence-electron chi connectivity index (χ0n) is 12.3. The van der Waals surface area contributed by atoms with Gasteiger partial charge in [-0.1, -0.05) is 13.3 Å². The third-order valence-corrected chi connectivity index (χ3v) is 4.74. The highest BCUT2D eigenvalue weighted by Gasteiger charge is 2.40. The minimum atomic E-state index is -0.619. The summed E-state index contributed by atoms with van der Waals surface area (Å²) in [5, 5.41) is 9.47. The van der Waals surface area contributed by atoms with E-state index >= 15 is 0 Å². The fraction of sp³-hybridized carbons (Fsp3) is 0.933. The van der Waals surface area contributed by atoms with Crippen LogP contribution in [-0.4, -0.2) is 47.3 Å². The van der Waals surface area contributed by atoms with Crippen LogP contribution >= 0.6 is 0 Å². The molecule has 2 aliphatic rings. The van der Waals surface area contributed by atoms with Gasteiger partial charge in [-0.25, -0.2) is 0 Å². The first-order valence-electron chi connectivity index (χ1n) is 7.63. The van der Waals surface area contributed by atoms with E-state index in [1.54, 1.807) is 0 Å². The normalized spacial score (nSPS) is 41.1. The second kappa shape index (κ2) is 6.23. The maximum Gasteiger partial charge on any atom is 0.308 e. The molecule has 0 bridgehead atoms. The summed E-state index contributed by atoms with van der Waals surface area (Å²) in [4.78, 5) is 13.9. The number of aliphatic carboxylic acids is 1. The maximum absolute atomic E-state index is 11.5. The van der Waals surface area contributed by atoms with Crippen LogP contribution in [-0.2, 0) is 9.53 Å². The predicted octanol–water partition coefficient (Wildman–Crippen LogP) is 2.38. The van der Waals surface area contributed by atoms with Gasteiger partial charge in [0.2, 0.25) is 0 Å². The molecule has 1 aliphatic carbocycles. The zero-order chi connectivity index (χ0) is 14.0. The number of hydrogen-bond acceptors (Lipinski definition) is 3. The molecule has 1 saturated carbocycles. The fourth-order valence-corrected chi connectivity index (χ4v) is 3.78. The molecular weight excluding hydrogens is 242 g/mol. The third kappa shape index (κ3) is 3.48. The van der Waals surface area contributed by atoms with Crippen molar-refractivity contribution >= 4 is 5.97 Å². The van der Waals surface area contributed by atoms with Gasteiger partial charge in [0.15, 0.2) is 0 Å². The third-order valence-electron chi connectivity index (χ3n) is 4.74. The van der Waals surface area contributed by atoms with Crippen molar-refractivity contribution in [1.82, 2.24) is 4.90 Å². The van der Waals surface area contributed by atoms with Gasteiger partial charge >= 0.3 is 5.97 Å². The molecule has 2 fully saturated rings. The number of carboxylic acid groups (broad SMARTS) is 1. The first-order valence-corrected chi connectivity index (χ1v) is 7.63. The highest BCUT2D eigenvalue weighted by atomic mass is 16.5. The van der Waals surface area contributed by atoms with E-state index in [-0.39, 0.29) is 24.2 Å². The highest BCUT2D eigenvalue weighted by Crippen LogP contribution is 2.35. The lowest BCUT2D eigenvalue weighted by molar-refractivity contribution is -0.150. The second-order valence-electron chi connectivity index (χ2n) is 6.31. The lowest BCUT2D eigenvalue weighted by Crippen LogP contribution is -2.55. The Labute approximate surface area is 116 Å². The number of hydrogen-bond donors (Lipinski definition) is 1. The molecule has 4 nitrogen and oxygen atoms in total. The Hall–Kier alpha value is -0.610. The zero-order valence-corrected chi connectivity index (χ0v) is 12.3. The lowest BCUT2D eigenvalue weighted by Gasteiger charge is -2.45. The van der Waals surface area contributed by atoms with Crippen molar-refractivity contribution in [3.05, 3.63) is 0 Å². The number of nitrogens with zero attached hydrogens (tertiary/aromatic N) is 1. The van der Waals surface area contributed by atoms with Crippen LogP contribution in [0.4, 0.5) is 0 Å². The number of ether oxygens (including phenoxy) is 1. The van der Waals surface area contributed by atoms with Crippen LogP contribution < -0.4 is 0 Å². The monoisotopic (exact) mass is 269 g/mol. The minimum absolute atomic E-state index is 0.194. The van der Waals surface area contributed by atoms with E-state index in [1.807, 2.05) is 0 Å². The van der Waals surface area contributed by atoms with Gasteiger partial charge in [-0.15, -0.1) is 0 Å². The Morgan fingerprint density at radius 1 is 1.26 bits per heavy atom. The quantitative estimate of drug-likeness (QED) is 0.854. The highest BCUT2D eigenvalue weighted by molar-refractivity contribution is 5.71. The summed E-state index contributed by atoms with van der Waals surface area (Å²) in [5.41, 5.74) is 0. The second-order valence-corrected chi connectivity index (χ2v) is 6.31. The SMILES string of the molecule is CCC1CCC(C(=O)O)C(N2C[C@@H](C)O[C@@H](C)C2)C1. The average Bonchev–Trinajstić information content (AvgIpc) is 2.36. The van der Waals surface area contributed by atoms with Gasteiger partial charge in [-0.2, -0.15) is 0 Å². The molecule has 1 N–H and O–H groups in total. The summed E-state index contributed by atoms with van der Waals surface area (Å²) in [5.74, 6) is -0.124. The van der Waals surface area contributed by atoms with Crippen LogP contribution in [0, 0.1) is 11.8 Å². The maximum atomic E-state index is 11.5. The molecule has 0 spiro atoms. The summed E-state index contributed by atoms with van der Waals surface area (Å²) in [6.07, 6.45) is 4.52. The van der Waals surface area contributed by atoms with Crippen molar-refractivity contribution in [3.8, 4) is 0 Å². The van der Waals surface area contributed by atoms with Crippen LogP contribution in [0.5, 0.6) is 0 Å². The molecular formula is C15H27NO3. The van der Waals surface area contributed by atoms with Gasteiger partial charge in [0.1, 0.15) is 0 Å². The molecule has 0 amide bonds. The molecule has 110 valence electrons. The predicted molar refractivity (Wildman–Crippen MR) is 74.1 cm³/mol. The number of carboxylic acids is 1. The molecule has 1 saturated heterocycles. The van der Waals surface area contributed by atoms with E-state index in [9.17, 15) is 9.90 Å². The Morgan fingerprint density at radius 3 is 2.42 bits per heavy atom. The molecule has 0 aromatic carbocycles. The summed E-state index contributed by atoms with van der Waals surface area (Å²) in [6, 6.07) is 0.199. The summed E-state index contributed by atoms with van der Waals surface area (Å²) in [7, 11) is 0. The minimum Gasteiger partial charge on any atom is -0.481 e. The Morgan fingerprint density at radius 2 is 1.89 bits per heavy atom. The van der Waals surface area contributed by atoms with E-state index in [0.717, 1.165) is 38.8 Å². The van der Waals surface area contributed by atoms with Crippen molar-refractivity contribution < 1.29 is 14.6 Å². The summed E-state index contributed by atoms with van der Waals surface area (Å²) >= 11 is 0. The summed E-state index contributed by atoms with van der Waals surface area (Å²) < 4.78 is 5.77. The molecule has 1 heterocycles. The van der Waals surface area contributed by atoms with Gasteiger partial charge < -0.3 is 9.84 Å². The Kier molecular flexibility index (Phi) is 4.85. The average molecular weight is 269 g/mol. The lowest BCUT2D eigenvalue weighted by atomic mass is 9.76. The first kappa shape index (κ1) is 14.8. The van der Waals surface area contributed by atoms with Crippen LogP contribution in [0.1, 0.15) is 46.5 Å². The van der Waals surface area contributed by atoms with E-state index < -0.39 is 5.97 Å². The largest absolute Gasteiger partial charge is 0.481 e. The van der Waals surface area contributed by atoms with Gasteiger partial charge in [0.05, 0.1) is 18.1 Å². The van der Waals surface area contributed by atoms with Gasteiger partial charge in [0.25, 0.3) is 0 Å². The van der Waals surface area contributed by atoms with E-state index in [1.165, 1.54) is 0 Å². The van der Waals surface area contributed by atoms with Gasteiger partial charge in [-0.3, -0.25) is 9.69 Å². The van der Waals surface area contributed by atoms with Crippen LogP contribution in [0.25, 0.3) is 0 Å². The fourth-order valence-electron chi connectivity index (χ4n) is 3.78. The van der Waals surface area contributed by atoms with E-state index in [4.69, 9.17) is 4.74 Å². The molecule has 5 atom stereocenters. The van der Waals surface area contributed by atoms with Gasteiger partial charge in [-0.05, 0) is 39.0 Å². The Balaban J connectivity index is 2.09. The molecule has 1 aliphatic heterocycles. The number of rotatable bonds is 3. The molecule has 4 heteroatoms. The molecule has 0 radical (unpaired) electrons. The molecule has 0 aromatic rings. The van der Waals surface area contributed by atoms with Crippen molar-refractivity contribution in [2.45, 2.75) is 64.7 Å². The van der Waals surface area contributed by atoms with Crippen molar-refractivity contribution in [2.75, 3.05) is 13.1 Å². The number of carbonyl (C=O) groups is 1. The van der Waals surface area contributed by atoms with Crippen LogP contribution in [0.3, 0.4) is 0 Å². The van der Waals surface area contributed by atoms with Crippen molar-refractivity contribution in [2.24, 2.45) is 11.8 Å². The van der Waals surface area contributed by atoms with Crippen molar-refractivity contribution in [3.63, 3.8) is 0 Å². The smallest absolute Gasteiger partial charge is 0.308 e. The standard InChI is InChI=1S/C15H27NO3/c1-4-12-5-6-13(15(17)18)14(7-12)16-8-10(2)19-11(3)9-16/h10-14H,4-9H2,1-3H3,(H,17,18)/t10-,11+,12?,13?,14?. The van der Waals surface area contributed by atoms with E-state index in [2.05, 4.69) is 25.7 Å². The molecule has 19 heavy (non-hydrogen) atoms. The summed E-state index contributed by atoms with van der Waals surface area (Å²) in [6.45, 7) is 8.12. The van der Waals surface area contributed by atoms with Gasteiger partial charge in [0, 0.05) is 19.1 Å². The molecule has 2 rings (SSSR count). The molecule has 0 aromatic heterocycles. The topological polar surface area (TPSA) is 49.8 Å². The van der Waals surface area contributed by atoms with E-state index in [0.29, 0.717) is 5.92 Å². The molecule has 3 unspecified atom stereocenters. The first-order chi connectivity index (χ1) is 9.01. The van der Waals surface area contributed by atoms with Crippen LogP contribution in [0.2, 0.25) is 0 Å². The van der Waals surface area contributed by atoms with Crippen LogP contribution in [0.15, 0.2) is 0 Å².